The van der Waals surface area contributed by atoms with Crippen LogP contribution in [0.5, 0.6) is 0 Å². The van der Waals surface area contributed by atoms with Crippen LogP contribution in [-0.2, 0) is 6.18 Å². The van der Waals surface area contributed by atoms with E-state index in [4.69, 9.17) is 11.6 Å². The molecule has 1 aromatic rings. The van der Waals surface area contributed by atoms with E-state index in [9.17, 15) is 13.2 Å². The maximum Gasteiger partial charge on any atom is 0.417 e. The van der Waals surface area contributed by atoms with Gasteiger partial charge in [0.05, 0.1) is 10.6 Å². The van der Waals surface area contributed by atoms with Crippen LogP contribution in [0.1, 0.15) is 12.5 Å². The number of hydrogen-bond acceptors (Lipinski definition) is 1. The van der Waals surface area contributed by atoms with Crippen molar-refractivity contribution in [1.82, 2.24) is 0 Å². The van der Waals surface area contributed by atoms with Crippen LogP contribution in [0.25, 0.3) is 0 Å². The third kappa shape index (κ3) is 3.45. The molecule has 0 atom stereocenters. The van der Waals surface area contributed by atoms with Crippen LogP contribution < -0.4 is 5.32 Å². The van der Waals surface area contributed by atoms with Gasteiger partial charge in [-0.3, -0.25) is 0 Å². The second-order valence-electron chi connectivity index (χ2n) is 3.14. The predicted molar refractivity (Wildman–Crippen MR) is 59.8 cm³/mol. The zero-order valence-electron chi connectivity index (χ0n) is 8.61. The van der Waals surface area contributed by atoms with E-state index in [0.29, 0.717) is 12.2 Å². The van der Waals surface area contributed by atoms with Gasteiger partial charge in [0, 0.05) is 12.2 Å². The molecule has 1 rings (SSSR count). The number of nitrogens with one attached hydrogen (secondary N) is 1. The average molecular weight is 250 g/mol. The lowest BCUT2D eigenvalue weighted by molar-refractivity contribution is -0.137. The van der Waals surface area contributed by atoms with E-state index in [1.165, 1.54) is 12.1 Å². The molecule has 16 heavy (non-hydrogen) atoms. The van der Waals surface area contributed by atoms with Crippen molar-refractivity contribution in [2.24, 2.45) is 0 Å². The van der Waals surface area contributed by atoms with Gasteiger partial charge in [0.1, 0.15) is 0 Å². The third-order valence-electron chi connectivity index (χ3n) is 1.93. The van der Waals surface area contributed by atoms with Crippen LogP contribution in [-0.4, -0.2) is 6.54 Å². The van der Waals surface area contributed by atoms with Gasteiger partial charge in [0.15, 0.2) is 0 Å². The number of rotatable bonds is 3. The molecule has 1 N–H and O–H groups in total. The summed E-state index contributed by atoms with van der Waals surface area (Å²) in [5.74, 6) is 0. The number of hydrogen-bond donors (Lipinski definition) is 1. The summed E-state index contributed by atoms with van der Waals surface area (Å²) in [7, 11) is 0. The van der Waals surface area contributed by atoms with E-state index in [-0.39, 0.29) is 5.02 Å². The van der Waals surface area contributed by atoms with Gasteiger partial charge in [-0.15, -0.1) is 0 Å². The Bertz CT molecular complexity index is 385. The normalized spacial score (nSPS) is 12.1. The summed E-state index contributed by atoms with van der Waals surface area (Å²) in [6.45, 7) is 2.32. The largest absolute Gasteiger partial charge is 0.417 e. The van der Waals surface area contributed by atoms with E-state index >= 15 is 0 Å². The van der Waals surface area contributed by atoms with E-state index in [2.05, 4.69) is 5.32 Å². The van der Waals surface area contributed by atoms with Crippen molar-refractivity contribution < 1.29 is 13.2 Å². The summed E-state index contributed by atoms with van der Waals surface area (Å²) >= 11 is 5.48. The summed E-state index contributed by atoms with van der Waals surface area (Å²) < 4.78 is 37.5. The van der Waals surface area contributed by atoms with Crippen molar-refractivity contribution in [3.8, 4) is 0 Å². The maximum atomic E-state index is 12.5. The first-order valence-corrected chi connectivity index (χ1v) is 5.04. The molecule has 0 aliphatic rings. The number of alkyl halides is 3. The predicted octanol–water partition coefficient (Wildman–Crippen LogP) is 4.35. The van der Waals surface area contributed by atoms with Crippen molar-refractivity contribution in [3.05, 3.63) is 40.9 Å². The van der Waals surface area contributed by atoms with E-state index < -0.39 is 11.7 Å². The summed E-state index contributed by atoms with van der Waals surface area (Å²) in [5.41, 5.74) is -0.422. The molecule has 0 saturated heterocycles. The molecule has 1 nitrogen and oxygen atoms in total. The van der Waals surface area contributed by atoms with Crippen LogP contribution in [0.15, 0.2) is 30.4 Å². The number of anilines is 1. The van der Waals surface area contributed by atoms with Gasteiger partial charge in [-0.25, -0.2) is 0 Å². The average Bonchev–Trinajstić information content (AvgIpc) is 2.19. The molecule has 0 unspecified atom stereocenters. The molecule has 5 heteroatoms. The SMILES string of the molecule is C/C=C/CNc1ccc(Cl)c(C(F)(F)F)c1. The van der Waals surface area contributed by atoms with Crippen LogP contribution in [0, 0.1) is 0 Å². The Morgan fingerprint density at radius 1 is 1.38 bits per heavy atom. The van der Waals surface area contributed by atoms with Crippen LogP contribution in [0.4, 0.5) is 18.9 Å². The molecule has 0 amide bonds. The number of benzene rings is 1. The Labute approximate surface area is 96.9 Å². The topological polar surface area (TPSA) is 12.0 Å². The molecule has 0 saturated carbocycles. The monoisotopic (exact) mass is 249 g/mol. The first-order chi connectivity index (χ1) is 7.45. The highest BCUT2D eigenvalue weighted by Gasteiger charge is 2.33. The lowest BCUT2D eigenvalue weighted by Gasteiger charge is -2.11. The molecule has 0 heterocycles. The first kappa shape index (κ1) is 12.9. The van der Waals surface area contributed by atoms with E-state index in [0.717, 1.165) is 6.07 Å². The van der Waals surface area contributed by atoms with Gasteiger partial charge < -0.3 is 5.32 Å². The molecular weight excluding hydrogens is 239 g/mol. The highest BCUT2D eigenvalue weighted by Crippen LogP contribution is 2.36. The first-order valence-electron chi connectivity index (χ1n) is 4.67. The summed E-state index contributed by atoms with van der Waals surface area (Å²) in [6, 6.07) is 3.76. The summed E-state index contributed by atoms with van der Waals surface area (Å²) in [5, 5.41) is 2.55. The maximum absolute atomic E-state index is 12.5. The summed E-state index contributed by atoms with van der Waals surface area (Å²) in [4.78, 5) is 0. The zero-order valence-corrected chi connectivity index (χ0v) is 9.36. The Kier molecular flexibility index (Phi) is 4.24. The Morgan fingerprint density at radius 2 is 2.06 bits per heavy atom. The highest BCUT2D eigenvalue weighted by atomic mass is 35.5. The highest BCUT2D eigenvalue weighted by molar-refractivity contribution is 6.31. The molecule has 0 aliphatic heterocycles. The molecule has 0 bridgehead atoms. The molecule has 1 aromatic carbocycles. The number of allylic oxidation sites excluding steroid dienone is 1. The minimum absolute atomic E-state index is 0.288. The quantitative estimate of drug-likeness (QED) is 0.786. The lowest BCUT2D eigenvalue weighted by Crippen LogP contribution is -2.07. The molecular formula is C11H11ClF3N. The minimum atomic E-state index is -4.42. The summed E-state index contributed by atoms with van der Waals surface area (Å²) in [6.07, 6.45) is -0.801. The van der Waals surface area contributed by atoms with E-state index in [1.54, 1.807) is 0 Å². The lowest BCUT2D eigenvalue weighted by atomic mass is 10.2. The zero-order chi connectivity index (χ0) is 12.2. The van der Waals surface area contributed by atoms with Crippen molar-refractivity contribution in [2.45, 2.75) is 13.1 Å². The molecule has 0 aromatic heterocycles. The third-order valence-corrected chi connectivity index (χ3v) is 2.26. The smallest absolute Gasteiger partial charge is 0.382 e. The standard InChI is InChI=1S/C11H11ClF3N/c1-2-3-6-16-8-4-5-10(12)9(7-8)11(13,14)15/h2-5,7,16H,6H2,1H3/b3-2+. The van der Waals surface area contributed by atoms with Gasteiger partial charge >= 0.3 is 6.18 Å². The molecule has 0 spiro atoms. The van der Waals surface area contributed by atoms with Crippen molar-refractivity contribution >= 4 is 17.3 Å². The van der Waals surface area contributed by atoms with Crippen LogP contribution >= 0.6 is 11.6 Å². The number of halogens is 4. The Hall–Kier alpha value is -1.16. The van der Waals surface area contributed by atoms with Crippen LogP contribution in [0.2, 0.25) is 5.02 Å². The van der Waals surface area contributed by atoms with Gasteiger partial charge in [-0.05, 0) is 25.1 Å². The van der Waals surface area contributed by atoms with Crippen molar-refractivity contribution in [1.29, 1.82) is 0 Å². The fraction of sp³-hybridized carbons (Fsp3) is 0.273. The molecule has 0 radical (unpaired) electrons. The van der Waals surface area contributed by atoms with Gasteiger partial charge in [0.2, 0.25) is 0 Å². The molecule has 88 valence electrons. The van der Waals surface area contributed by atoms with Gasteiger partial charge in [-0.1, -0.05) is 23.8 Å². The molecule has 0 fully saturated rings. The van der Waals surface area contributed by atoms with E-state index in [1.807, 2.05) is 19.1 Å². The van der Waals surface area contributed by atoms with Gasteiger partial charge in [-0.2, -0.15) is 13.2 Å². The minimum Gasteiger partial charge on any atom is -0.382 e. The van der Waals surface area contributed by atoms with Crippen molar-refractivity contribution in [2.75, 3.05) is 11.9 Å². The Balaban J connectivity index is 2.90. The fourth-order valence-corrected chi connectivity index (χ4v) is 1.37. The second kappa shape index (κ2) is 5.25. The van der Waals surface area contributed by atoms with Crippen molar-refractivity contribution in [3.63, 3.8) is 0 Å². The Morgan fingerprint density at radius 3 is 2.62 bits per heavy atom. The fourth-order valence-electron chi connectivity index (χ4n) is 1.15. The van der Waals surface area contributed by atoms with Crippen LogP contribution in [0.3, 0.4) is 0 Å². The molecule has 0 aliphatic carbocycles. The van der Waals surface area contributed by atoms with Gasteiger partial charge in [0.25, 0.3) is 0 Å². The second-order valence-corrected chi connectivity index (χ2v) is 3.55.